The van der Waals surface area contributed by atoms with E-state index in [1.807, 2.05) is 0 Å². The fraction of sp³-hybridized carbons (Fsp3) is 0. The van der Waals surface area contributed by atoms with Gasteiger partial charge in [-0.2, -0.15) is 0 Å². The molecule has 3 nitrogen and oxygen atoms in total. The summed E-state index contributed by atoms with van der Waals surface area (Å²) in [6, 6.07) is -25.3. The fourth-order valence-electron chi connectivity index (χ4n) is 6.07. The molecule has 0 aromatic heterocycles. The molecule has 0 saturated carbocycles. The zero-order valence-electron chi connectivity index (χ0n) is 56.1. The summed E-state index contributed by atoms with van der Waals surface area (Å²) in [7, 11) is 0. The zero-order chi connectivity index (χ0) is 60.5. The molecule has 0 spiro atoms. The molecule has 52 heavy (non-hydrogen) atoms. The van der Waals surface area contributed by atoms with Gasteiger partial charge >= 0.3 is 0 Å². The van der Waals surface area contributed by atoms with Crippen LogP contribution in [0.4, 0.5) is 34.1 Å². The zero-order valence-corrected chi connectivity index (χ0v) is 26.1. The van der Waals surface area contributed by atoms with Crippen molar-refractivity contribution in [2.75, 3.05) is 9.80 Å². The number of hydrogen-bond acceptors (Lipinski definition) is 3. The van der Waals surface area contributed by atoms with Crippen LogP contribution in [0.2, 0.25) is 0 Å². The number of anilines is 6. The summed E-state index contributed by atoms with van der Waals surface area (Å²) < 4.78 is 276. The highest BCUT2D eigenvalue weighted by atomic mass is 16.5. The standard InChI is InChI=1S/C48H33BN2O/c1-5-15-34(16-6-1)36-19-13-24-40(31-36)51-44-25-14-26-46-48(44)49(42-29-27-37(32-45(42)51)35-17-7-2-8-18-35)43-30-28-41(33-47(43)52-46)50(38-20-9-3-10-21-38)39-22-11-4-12-23-39/h1-33H/i1D,2D,3D,4D,5D,6D,7D,8D,9D,10D,11D,12D,13D,15D,16D,17D,18D,19D,20D,21D,22D,23D,24D,27D,28D,29D,30D,31D,32D,33D. The van der Waals surface area contributed by atoms with E-state index >= 15 is 0 Å². The first kappa shape index (κ1) is 12.5. The summed E-state index contributed by atoms with van der Waals surface area (Å²) >= 11 is 0. The van der Waals surface area contributed by atoms with Gasteiger partial charge in [-0.05, 0) is 99.1 Å². The average molecular weight is 695 g/mol. The monoisotopic (exact) mass is 694 g/mol. The van der Waals surface area contributed by atoms with Crippen molar-refractivity contribution in [2.24, 2.45) is 0 Å². The molecule has 0 N–H and O–H groups in total. The Bertz CT molecular complexity index is 4120. The normalized spacial score (nSPS) is 20.4. The number of fused-ring (bicyclic) bond motifs is 4. The molecule has 0 saturated heterocycles. The maximum atomic E-state index is 10.1. The summed E-state index contributed by atoms with van der Waals surface area (Å²) in [4.78, 5) is 1.40. The second-order valence-electron chi connectivity index (χ2n) is 11.0. The predicted octanol–water partition coefficient (Wildman–Crippen LogP) is 10.9. The number of nitrogens with zero attached hydrogens (tertiary/aromatic N) is 2. The Morgan fingerprint density at radius 3 is 1.73 bits per heavy atom. The summed E-state index contributed by atoms with van der Waals surface area (Å²) in [5.74, 6) is -1.04. The third kappa shape index (κ3) is 5.08. The van der Waals surface area contributed by atoms with Crippen LogP contribution in [-0.4, -0.2) is 6.71 Å². The topological polar surface area (TPSA) is 15.7 Å². The van der Waals surface area contributed by atoms with Gasteiger partial charge in [-0.1, -0.05) is 133 Å². The van der Waals surface area contributed by atoms with Crippen LogP contribution in [0.5, 0.6) is 11.5 Å². The molecule has 0 unspecified atom stereocenters. The van der Waals surface area contributed by atoms with E-state index in [9.17, 15) is 11.0 Å². The Kier molecular flexibility index (Phi) is 3.00. The maximum absolute atomic E-state index is 10.1. The molecule has 244 valence electrons. The summed E-state index contributed by atoms with van der Waals surface area (Å²) in [6.45, 7) is -1.81. The van der Waals surface area contributed by atoms with Gasteiger partial charge < -0.3 is 14.5 Å². The smallest absolute Gasteiger partial charge is 0.256 e. The van der Waals surface area contributed by atoms with E-state index in [2.05, 4.69) is 0 Å². The van der Waals surface area contributed by atoms with Crippen LogP contribution in [0.25, 0.3) is 22.3 Å². The second kappa shape index (κ2) is 12.5. The quantitative estimate of drug-likeness (QED) is 0.161. The van der Waals surface area contributed by atoms with Crippen LogP contribution < -0.4 is 30.9 Å². The van der Waals surface area contributed by atoms with Crippen LogP contribution in [0.3, 0.4) is 0 Å². The lowest BCUT2D eigenvalue weighted by atomic mass is 9.34. The second-order valence-corrected chi connectivity index (χ2v) is 11.0. The highest BCUT2D eigenvalue weighted by molar-refractivity contribution is 6.99. The Hall–Kier alpha value is -6.78. The van der Waals surface area contributed by atoms with Crippen LogP contribution >= 0.6 is 0 Å². The van der Waals surface area contributed by atoms with Gasteiger partial charge in [-0.3, -0.25) is 0 Å². The van der Waals surface area contributed by atoms with Crippen molar-refractivity contribution in [3.05, 3.63) is 199 Å². The van der Waals surface area contributed by atoms with Crippen molar-refractivity contribution in [1.82, 2.24) is 0 Å². The van der Waals surface area contributed by atoms with Gasteiger partial charge in [0.05, 0.1) is 41.1 Å². The maximum Gasteiger partial charge on any atom is 0.256 e. The lowest BCUT2D eigenvalue weighted by Crippen LogP contribution is -2.59. The minimum atomic E-state index is -1.81. The molecule has 2 aliphatic heterocycles. The molecular formula is C48H33BN2O. The van der Waals surface area contributed by atoms with E-state index in [4.69, 9.17) is 34.9 Å². The number of benzene rings is 8. The summed E-state index contributed by atoms with van der Waals surface area (Å²) in [5.41, 5.74) is -8.97. The molecule has 10 rings (SSSR count). The van der Waals surface area contributed by atoms with Crippen molar-refractivity contribution < 1.29 is 45.9 Å². The van der Waals surface area contributed by atoms with E-state index in [0.717, 1.165) is 4.90 Å². The molecule has 8 aromatic carbocycles. The van der Waals surface area contributed by atoms with Gasteiger partial charge in [0.25, 0.3) is 6.71 Å². The molecule has 0 radical (unpaired) electrons. The molecular weight excluding hydrogens is 631 g/mol. The third-order valence-corrected chi connectivity index (χ3v) is 8.18. The number of rotatable bonds is 6. The molecule has 0 atom stereocenters. The van der Waals surface area contributed by atoms with Gasteiger partial charge in [0.1, 0.15) is 11.5 Å². The van der Waals surface area contributed by atoms with Gasteiger partial charge in [0.2, 0.25) is 0 Å². The largest absolute Gasteiger partial charge is 0.458 e. The van der Waals surface area contributed by atoms with E-state index in [1.165, 1.54) is 18.2 Å². The van der Waals surface area contributed by atoms with Crippen molar-refractivity contribution in [3.63, 3.8) is 0 Å². The Morgan fingerprint density at radius 2 is 1.06 bits per heavy atom. The highest BCUT2D eigenvalue weighted by Crippen LogP contribution is 2.44. The van der Waals surface area contributed by atoms with Crippen LogP contribution in [0.15, 0.2) is 199 Å². The van der Waals surface area contributed by atoms with E-state index in [0.29, 0.717) is 4.90 Å². The summed E-state index contributed by atoms with van der Waals surface area (Å²) in [5, 5.41) is 0. The van der Waals surface area contributed by atoms with Gasteiger partial charge in [0.15, 0.2) is 0 Å². The van der Waals surface area contributed by atoms with Crippen LogP contribution in [-0.2, 0) is 0 Å². The van der Waals surface area contributed by atoms with Gasteiger partial charge in [0, 0.05) is 40.2 Å². The predicted molar refractivity (Wildman–Crippen MR) is 218 cm³/mol. The first-order valence-electron chi connectivity index (χ1n) is 30.4. The van der Waals surface area contributed by atoms with Gasteiger partial charge in [-0.15, -0.1) is 0 Å². The molecule has 0 aliphatic carbocycles. The molecule has 2 aliphatic rings. The van der Waals surface area contributed by atoms with Gasteiger partial charge in [-0.25, -0.2) is 0 Å². The summed E-state index contributed by atoms with van der Waals surface area (Å²) in [6.07, 6.45) is 0. The van der Waals surface area contributed by atoms with Crippen LogP contribution in [0, 0.1) is 0 Å². The fourth-order valence-corrected chi connectivity index (χ4v) is 6.07. The van der Waals surface area contributed by atoms with Crippen LogP contribution in [0.1, 0.15) is 41.1 Å². The average Bonchev–Trinajstić information content (AvgIpc) is 1.08. The lowest BCUT2D eigenvalue weighted by molar-refractivity contribution is 0.487. The molecule has 2 heterocycles. The Labute approximate surface area is 346 Å². The van der Waals surface area contributed by atoms with E-state index in [1.54, 1.807) is 0 Å². The SMILES string of the molecule is [2H]c1c([2H])c([2H])c(-c2c([2H])c([2H])c([2H])c(N3c4cccc5c4B(c4c([2H])c([2H])c(N(c6c([2H])c([2H])c([2H])c([2H])c6[2H])c6c([2H])c([2H])c([2H])c([2H])c6[2H])c([2H])c4O5)c4c([2H])c([2H])c(-c5c([2H])c([2H])c([2H])c([2H])c5[2H])c([2H])c43)c2[2H])c([2H])c1[2H]. The van der Waals surface area contributed by atoms with E-state index < -0.39 is 255 Å². The number of para-hydroxylation sites is 2. The molecule has 0 fully saturated rings. The lowest BCUT2D eigenvalue weighted by Gasteiger charge is -2.40. The minimum absolute atomic E-state index is 0.178. The highest BCUT2D eigenvalue weighted by Gasteiger charge is 2.42. The Balaban J connectivity index is 1.38. The third-order valence-electron chi connectivity index (χ3n) is 8.18. The molecule has 4 heteroatoms. The van der Waals surface area contributed by atoms with Crippen molar-refractivity contribution >= 4 is 57.2 Å². The van der Waals surface area contributed by atoms with Crippen molar-refractivity contribution in [2.45, 2.75) is 0 Å². The first-order chi connectivity index (χ1) is 38.3. The number of hydrogen-bond donors (Lipinski definition) is 0. The van der Waals surface area contributed by atoms with Crippen molar-refractivity contribution in [1.29, 1.82) is 0 Å². The van der Waals surface area contributed by atoms with Crippen molar-refractivity contribution in [3.8, 4) is 33.8 Å². The minimum Gasteiger partial charge on any atom is -0.458 e. The van der Waals surface area contributed by atoms with E-state index in [-0.39, 0.29) is 16.9 Å². The molecule has 0 bridgehead atoms. The Morgan fingerprint density at radius 1 is 0.462 bits per heavy atom. The molecule has 0 amide bonds. The molecule has 8 aromatic rings. The first-order valence-corrected chi connectivity index (χ1v) is 15.4. The number of ether oxygens (including phenoxy) is 1.